The highest BCUT2D eigenvalue weighted by Gasteiger charge is 2.34. The molecule has 1 aliphatic heterocycles. The Hall–Kier alpha value is 0.0569. The molecule has 0 aliphatic carbocycles. The number of hydrogen-bond donors (Lipinski definition) is 1. The van der Waals surface area contributed by atoms with Crippen LogP contribution in [0.2, 0.25) is 12.6 Å². The van der Waals surface area contributed by atoms with Crippen molar-refractivity contribution in [2.45, 2.75) is 51.5 Å². The van der Waals surface area contributed by atoms with Crippen LogP contribution in [0.1, 0.15) is 26.7 Å². The van der Waals surface area contributed by atoms with Crippen LogP contribution in [0.5, 0.6) is 0 Å². The first-order valence-corrected chi connectivity index (χ1v) is 8.75. The van der Waals surface area contributed by atoms with Gasteiger partial charge in [0.25, 0.3) is 0 Å². The average molecular weight is 247 g/mol. The molecule has 1 heterocycles. The lowest BCUT2D eigenvalue weighted by Gasteiger charge is -2.29. The molecule has 4 nitrogen and oxygen atoms in total. The molecule has 96 valence electrons. The second-order valence-electron chi connectivity index (χ2n) is 4.58. The van der Waals surface area contributed by atoms with Gasteiger partial charge in [-0.25, -0.2) is 0 Å². The predicted molar refractivity (Wildman–Crippen MR) is 66.6 cm³/mol. The lowest BCUT2D eigenvalue weighted by molar-refractivity contribution is 0.118. The van der Waals surface area contributed by atoms with Crippen LogP contribution in [-0.4, -0.2) is 40.5 Å². The van der Waals surface area contributed by atoms with Gasteiger partial charge in [0.05, 0.1) is 12.7 Å². The molecule has 1 aliphatic rings. The molecule has 1 rings (SSSR count). The third-order valence-corrected chi connectivity index (χ3v) is 5.79. The van der Waals surface area contributed by atoms with E-state index in [1.54, 1.807) is 0 Å². The average Bonchev–Trinajstić information content (AvgIpc) is 2.98. The van der Waals surface area contributed by atoms with Crippen molar-refractivity contribution in [3.63, 3.8) is 0 Å². The summed E-state index contributed by atoms with van der Waals surface area (Å²) in [6.07, 6.45) is 2.62. The van der Waals surface area contributed by atoms with Gasteiger partial charge >= 0.3 is 8.56 Å². The Morgan fingerprint density at radius 3 is 2.75 bits per heavy atom. The molecule has 0 spiro atoms. The van der Waals surface area contributed by atoms with Crippen LogP contribution in [-0.2, 0) is 13.6 Å². The molecule has 0 amide bonds. The van der Waals surface area contributed by atoms with E-state index >= 15 is 0 Å². The molecular formula is C11H25NO3Si. The van der Waals surface area contributed by atoms with Crippen molar-refractivity contribution >= 4 is 8.56 Å². The van der Waals surface area contributed by atoms with Crippen molar-refractivity contribution in [2.75, 3.05) is 19.8 Å². The fourth-order valence-corrected chi connectivity index (χ4v) is 4.68. The Labute approximate surface area is 99.7 Å². The zero-order valence-electron chi connectivity index (χ0n) is 10.7. The summed E-state index contributed by atoms with van der Waals surface area (Å²) in [7, 11) is -2.01. The topological polar surface area (TPSA) is 57.0 Å². The maximum atomic E-state index is 6.11. The Morgan fingerprint density at radius 2 is 2.25 bits per heavy atom. The van der Waals surface area contributed by atoms with Gasteiger partial charge in [-0.2, -0.15) is 0 Å². The summed E-state index contributed by atoms with van der Waals surface area (Å²) in [6.45, 7) is 8.58. The molecule has 0 bridgehead atoms. The summed E-state index contributed by atoms with van der Waals surface area (Å²) in [4.78, 5) is 0. The highest BCUT2D eigenvalue weighted by molar-refractivity contribution is 6.66. The maximum Gasteiger partial charge on any atom is 0.335 e. The summed E-state index contributed by atoms with van der Waals surface area (Å²) in [5.74, 6) is 0. The van der Waals surface area contributed by atoms with Crippen molar-refractivity contribution in [1.29, 1.82) is 0 Å². The van der Waals surface area contributed by atoms with Gasteiger partial charge in [0.15, 0.2) is 0 Å². The Bertz CT molecular complexity index is 202. The summed E-state index contributed by atoms with van der Waals surface area (Å²) in [5.41, 5.74) is 5.54. The molecule has 0 aromatic rings. The van der Waals surface area contributed by atoms with E-state index in [4.69, 9.17) is 19.3 Å². The molecule has 3 atom stereocenters. The van der Waals surface area contributed by atoms with Crippen LogP contribution in [0.4, 0.5) is 0 Å². The third kappa shape index (κ3) is 5.40. The van der Waals surface area contributed by atoms with Crippen LogP contribution in [0, 0.1) is 0 Å². The first-order chi connectivity index (χ1) is 7.59. The predicted octanol–water partition coefficient (Wildman–Crippen LogP) is 1.64. The summed E-state index contributed by atoms with van der Waals surface area (Å²) in [5, 5.41) is 0. The van der Waals surface area contributed by atoms with Gasteiger partial charge in [0.1, 0.15) is 0 Å². The van der Waals surface area contributed by atoms with E-state index in [-0.39, 0.29) is 6.10 Å². The molecule has 1 fully saturated rings. The molecule has 3 unspecified atom stereocenters. The fraction of sp³-hybridized carbons (Fsp3) is 1.00. The van der Waals surface area contributed by atoms with Crippen molar-refractivity contribution in [3.05, 3.63) is 0 Å². The minimum atomic E-state index is -2.01. The van der Waals surface area contributed by atoms with E-state index in [1.165, 1.54) is 0 Å². The van der Waals surface area contributed by atoms with Gasteiger partial charge in [-0.1, -0.05) is 0 Å². The summed E-state index contributed by atoms with van der Waals surface area (Å²) < 4.78 is 17.1. The quantitative estimate of drug-likeness (QED) is 0.497. The van der Waals surface area contributed by atoms with Gasteiger partial charge in [-0.15, -0.1) is 0 Å². The number of hydrogen-bond acceptors (Lipinski definition) is 4. The summed E-state index contributed by atoms with van der Waals surface area (Å²) in [6, 6.07) is 0.979. The van der Waals surface area contributed by atoms with Gasteiger partial charge in [-0.05, 0) is 39.4 Å². The zero-order chi connectivity index (χ0) is 12.0. The third-order valence-electron chi connectivity index (χ3n) is 2.73. The second-order valence-corrected chi connectivity index (χ2v) is 7.87. The van der Waals surface area contributed by atoms with Gasteiger partial charge in [-0.3, -0.25) is 0 Å². The SMILES string of the molecule is CCO[Si](C)(CCCN)OC(C)CC1CO1. The lowest BCUT2D eigenvalue weighted by Crippen LogP contribution is -2.42. The largest absolute Gasteiger partial charge is 0.395 e. The van der Waals surface area contributed by atoms with Crippen LogP contribution in [0.15, 0.2) is 0 Å². The van der Waals surface area contributed by atoms with Crippen molar-refractivity contribution in [3.8, 4) is 0 Å². The van der Waals surface area contributed by atoms with Crippen LogP contribution < -0.4 is 5.73 Å². The molecule has 0 saturated carbocycles. The minimum absolute atomic E-state index is 0.230. The van der Waals surface area contributed by atoms with E-state index in [9.17, 15) is 0 Å². The number of nitrogens with two attached hydrogens (primary N) is 1. The number of epoxide rings is 1. The van der Waals surface area contributed by atoms with E-state index < -0.39 is 8.56 Å². The van der Waals surface area contributed by atoms with Gasteiger partial charge in [0.2, 0.25) is 0 Å². The first-order valence-electron chi connectivity index (χ1n) is 6.23. The van der Waals surface area contributed by atoms with E-state index in [1.807, 2.05) is 6.92 Å². The van der Waals surface area contributed by atoms with Crippen molar-refractivity contribution in [2.24, 2.45) is 5.73 Å². The molecule has 0 aromatic carbocycles. The van der Waals surface area contributed by atoms with E-state index in [0.29, 0.717) is 12.6 Å². The number of ether oxygens (including phenoxy) is 1. The van der Waals surface area contributed by atoms with Crippen molar-refractivity contribution in [1.82, 2.24) is 0 Å². The molecular weight excluding hydrogens is 222 g/mol. The maximum absolute atomic E-state index is 6.11. The zero-order valence-corrected chi connectivity index (χ0v) is 11.7. The van der Waals surface area contributed by atoms with Crippen LogP contribution >= 0.6 is 0 Å². The molecule has 16 heavy (non-hydrogen) atoms. The normalized spacial score (nSPS) is 25.1. The van der Waals surface area contributed by atoms with Gasteiger partial charge < -0.3 is 19.3 Å². The Kier molecular flexibility index (Phi) is 5.92. The van der Waals surface area contributed by atoms with Gasteiger partial charge in [0, 0.05) is 19.1 Å². The van der Waals surface area contributed by atoms with E-state index in [2.05, 4.69) is 13.5 Å². The monoisotopic (exact) mass is 247 g/mol. The standard InChI is InChI=1S/C11H25NO3Si/c1-4-14-16(3,7-5-6-12)15-10(2)8-11-9-13-11/h10-11H,4-9,12H2,1-3H3. The van der Waals surface area contributed by atoms with Crippen molar-refractivity contribution < 1.29 is 13.6 Å². The molecule has 5 heteroatoms. The molecule has 0 radical (unpaired) electrons. The highest BCUT2D eigenvalue weighted by atomic mass is 28.4. The number of rotatable bonds is 9. The molecule has 0 aromatic heterocycles. The second kappa shape index (κ2) is 6.71. The Morgan fingerprint density at radius 1 is 1.56 bits per heavy atom. The smallest absolute Gasteiger partial charge is 0.335 e. The van der Waals surface area contributed by atoms with E-state index in [0.717, 1.165) is 32.1 Å². The first kappa shape index (κ1) is 14.1. The fourth-order valence-electron chi connectivity index (χ4n) is 1.94. The van der Waals surface area contributed by atoms with Crippen LogP contribution in [0.25, 0.3) is 0 Å². The molecule has 2 N–H and O–H groups in total. The minimum Gasteiger partial charge on any atom is -0.395 e. The Balaban J connectivity index is 2.33. The molecule has 1 saturated heterocycles. The highest BCUT2D eigenvalue weighted by Crippen LogP contribution is 2.23. The lowest BCUT2D eigenvalue weighted by atomic mass is 10.2. The van der Waals surface area contributed by atoms with Crippen LogP contribution in [0.3, 0.4) is 0 Å². The summed E-state index contributed by atoms with van der Waals surface area (Å²) >= 11 is 0.